The summed E-state index contributed by atoms with van der Waals surface area (Å²) >= 11 is 0. The maximum absolute atomic E-state index is 12.9. The van der Waals surface area contributed by atoms with Crippen molar-refractivity contribution in [1.82, 2.24) is 14.9 Å². The molecule has 2 N–H and O–H groups in total. The summed E-state index contributed by atoms with van der Waals surface area (Å²) in [5.74, 6) is -0.987. The summed E-state index contributed by atoms with van der Waals surface area (Å²) in [7, 11) is -2.23. The molecule has 0 spiro atoms. The summed E-state index contributed by atoms with van der Waals surface area (Å²) in [4.78, 5) is 24.4. The molecule has 2 aromatic rings. The van der Waals surface area contributed by atoms with E-state index in [-0.39, 0.29) is 24.5 Å². The molecule has 1 heterocycles. The number of benzene rings is 2. The molecular weight excluding hydrogens is 422 g/mol. The minimum absolute atomic E-state index is 0.138. The third kappa shape index (κ3) is 5.81. The van der Waals surface area contributed by atoms with E-state index in [9.17, 15) is 18.0 Å². The number of rotatable bonds is 7. The van der Waals surface area contributed by atoms with Gasteiger partial charge in [0.1, 0.15) is 12.0 Å². The van der Waals surface area contributed by atoms with E-state index < -0.39 is 28.1 Å². The Morgan fingerprint density at radius 2 is 1.74 bits per heavy atom. The zero-order chi connectivity index (χ0) is 22.3. The molecule has 166 valence electrons. The minimum Gasteiger partial charge on any atom is -0.497 e. The summed E-state index contributed by atoms with van der Waals surface area (Å²) in [6.45, 7) is 0.665. The summed E-state index contributed by atoms with van der Waals surface area (Å²) in [5, 5.41) is 4.98. The van der Waals surface area contributed by atoms with Crippen LogP contribution in [0.2, 0.25) is 0 Å². The minimum atomic E-state index is -3.79. The van der Waals surface area contributed by atoms with E-state index >= 15 is 0 Å². The van der Waals surface area contributed by atoms with Gasteiger partial charge >= 0.3 is 11.8 Å². The smallest absolute Gasteiger partial charge is 0.309 e. The average molecular weight is 448 g/mol. The van der Waals surface area contributed by atoms with E-state index in [0.717, 1.165) is 5.56 Å². The number of hydrogen-bond acceptors (Lipinski definition) is 6. The number of carbonyl (C=O) groups excluding carboxylic acids is 2. The molecule has 1 saturated heterocycles. The highest BCUT2D eigenvalue weighted by atomic mass is 32.2. The Morgan fingerprint density at radius 3 is 2.42 bits per heavy atom. The molecule has 0 aliphatic carbocycles. The summed E-state index contributed by atoms with van der Waals surface area (Å²) in [5.41, 5.74) is 0.803. The summed E-state index contributed by atoms with van der Waals surface area (Å²) in [6.07, 6.45) is -0.351. The van der Waals surface area contributed by atoms with Gasteiger partial charge in [0.05, 0.1) is 25.2 Å². The van der Waals surface area contributed by atoms with Crippen LogP contribution < -0.4 is 15.4 Å². The second-order valence-electron chi connectivity index (χ2n) is 6.85. The van der Waals surface area contributed by atoms with Gasteiger partial charge in [-0.3, -0.25) is 9.59 Å². The van der Waals surface area contributed by atoms with E-state index in [2.05, 4.69) is 10.6 Å². The number of sulfonamides is 1. The van der Waals surface area contributed by atoms with Gasteiger partial charge in [-0.1, -0.05) is 30.3 Å². The standard InChI is InChI=1S/C21H25N3O6S/c1-29-17-10-8-16(9-11-17)14-22-20(25)21(26)23-15-19-24(12-5-13-30-19)31(27,28)18-6-3-2-4-7-18/h2-4,6-11,19H,5,12-15H2,1H3,(H,22,25)(H,23,26)/t19-/m1/s1. The third-order valence-electron chi connectivity index (χ3n) is 4.76. The number of ether oxygens (including phenoxy) is 2. The van der Waals surface area contributed by atoms with E-state index in [1.807, 2.05) is 0 Å². The van der Waals surface area contributed by atoms with Crippen molar-refractivity contribution in [2.24, 2.45) is 0 Å². The lowest BCUT2D eigenvalue weighted by molar-refractivity contribution is -0.140. The quantitative estimate of drug-likeness (QED) is 0.609. The van der Waals surface area contributed by atoms with Crippen molar-refractivity contribution in [2.75, 3.05) is 26.8 Å². The van der Waals surface area contributed by atoms with Crippen LogP contribution in [0.5, 0.6) is 5.75 Å². The normalized spacial score (nSPS) is 17.0. The van der Waals surface area contributed by atoms with Crippen molar-refractivity contribution in [3.05, 3.63) is 60.2 Å². The van der Waals surface area contributed by atoms with Crippen LogP contribution in [0.25, 0.3) is 0 Å². The fourth-order valence-electron chi connectivity index (χ4n) is 3.10. The van der Waals surface area contributed by atoms with Gasteiger partial charge in [-0.15, -0.1) is 0 Å². The number of amides is 2. The Kier molecular flexibility index (Phi) is 7.61. The topological polar surface area (TPSA) is 114 Å². The van der Waals surface area contributed by atoms with Crippen LogP contribution in [0, 0.1) is 0 Å². The lowest BCUT2D eigenvalue weighted by Crippen LogP contribution is -2.53. The van der Waals surface area contributed by atoms with Gasteiger partial charge in [0, 0.05) is 13.1 Å². The largest absolute Gasteiger partial charge is 0.497 e. The van der Waals surface area contributed by atoms with Crippen LogP contribution in [0.4, 0.5) is 0 Å². The SMILES string of the molecule is COc1ccc(CNC(=O)C(=O)NC[C@H]2OCCCN2S(=O)(=O)c2ccccc2)cc1. The molecule has 9 nitrogen and oxygen atoms in total. The molecule has 0 aromatic heterocycles. The summed E-state index contributed by atoms with van der Waals surface area (Å²) in [6, 6.07) is 15.1. The molecule has 1 aliphatic heterocycles. The Bertz CT molecular complexity index is 996. The second kappa shape index (κ2) is 10.4. The maximum atomic E-state index is 12.9. The average Bonchev–Trinajstić information content (AvgIpc) is 2.82. The van der Waals surface area contributed by atoms with Gasteiger partial charge in [0.25, 0.3) is 0 Å². The molecule has 31 heavy (non-hydrogen) atoms. The Hall–Kier alpha value is -2.95. The summed E-state index contributed by atoms with van der Waals surface area (Å²) < 4.78 is 37.7. The van der Waals surface area contributed by atoms with Gasteiger partial charge in [0.15, 0.2) is 0 Å². The fourth-order valence-corrected chi connectivity index (χ4v) is 4.68. The first-order chi connectivity index (χ1) is 14.9. The van der Waals surface area contributed by atoms with Crippen LogP contribution in [0.3, 0.4) is 0 Å². The van der Waals surface area contributed by atoms with Gasteiger partial charge in [-0.05, 0) is 36.2 Å². The van der Waals surface area contributed by atoms with Crippen molar-refractivity contribution >= 4 is 21.8 Å². The highest BCUT2D eigenvalue weighted by Gasteiger charge is 2.34. The predicted octanol–water partition coefficient (Wildman–Crippen LogP) is 0.865. The predicted molar refractivity (Wildman–Crippen MR) is 113 cm³/mol. The number of carbonyl (C=O) groups is 2. The number of nitrogens with zero attached hydrogens (tertiary/aromatic N) is 1. The Balaban J connectivity index is 1.55. The highest BCUT2D eigenvalue weighted by molar-refractivity contribution is 7.89. The van der Waals surface area contributed by atoms with Crippen molar-refractivity contribution in [3.8, 4) is 5.75 Å². The zero-order valence-electron chi connectivity index (χ0n) is 17.1. The molecule has 0 bridgehead atoms. The number of methoxy groups -OCH3 is 1. The van der Waals surface area contributed by atoms with Crippen molar-refractivity contribution < 1.29 is 27.5 Å². The number of nitrogens with one attached hydrogen (secondary N) is 2. The molecule has 2 amide bonds. The Labute approximate surface area is 181 Å². The first kappa shape index (κ1) is 22.7. The van der Waals surface area contributed by atoms with Gasteiger partial charge in [0.2, 0.25) is 10.0 Å². The molecule has 1 aliphatic rings. The molecular formula is C21H25N3O6S. The van der Waals surface area contributed by atoms with Gasteiger partial charge < -0.3 is 20.1 Å². The fraction of sp³-hybridized carbons (Fsp3) is 0.333. The molecule has 1 atom stereocenters. The van der Waals surface area contributed by atoms with E-state index in [4.69, 9.17) is 9.47 Å². The molecule has 2 aromatic carbocycles. The molecule has 3 rings (SSSR count). The van der Waals surface area contributed by atoms with Crippen LogP contribution in [-0.4, -0.2) is 57.6 Å². The second-order valence-corrected chi connectivity index (χ2v) is 8.74. The molecule has 0 unspecified atom stereocenters. The highest BCUT2D eigenvalue weighted by Crippen LogP contribution is 2.21. The third-order valence-corrected chi connectivity index (χ3v) is 6.66. The van der Waals surface area contributed by atoms with Crippen LogP contribution >= 0.6 is 0 Å². The van der Waals surface area contributed by atoms with E-state index in [0.29, 0.717) is 18.8 Å². The zero-order valence-corrected chi connectivity index (χ0v) is 17.9. The van der Waals surface area contributed by atoms with Crippen LogP contribution in [0.1, 0.15) is 12.0 Å². The van der Waals surface area contributed by atoms with Gasteiger partial charge in [-0.25, -0.2) is 8.42 Å². The molecule has 0 radical (unpaired) electrons. The Morgan fingerprint density at radius 1 is 1.06 bits per heavy atom. The van der Waals surface area contributed by atoms with Crippen molar-refractivity contribution in [1.29, 1.82) is 0 Å². The molecule has 0 saturated carbocycles. The van der Waals surface area contributed by atoms with Gasteiger partial charge in [-0.2, -0.15) is 4.31 Å². The lowest BCUT2D eigenvalue weighted by Gasteiger charge is -2.34. The molecule has 10 heteroatoms. The van der Waals surface area contributed by atoms with Crippen LogP contribution in [-0.2, 0) is 30.9 Å². The monoisotopic (exact) mass is 447 g/mol. The number of hydrogen-bond donors (Lipinski definition) is 2. The van der Waals surface area contributed by atoms with Crippen molar-refractivity contribution in [2.45, 2.75) is 24.1 Å². The maximum Gasteiger partial charge on any atom is 0.309 e. The first-order valence-corrected chi connectivity index (χ1v) is 11.2. The lowest BCUT2D eigenvalue weighted by atomic mass is 10.2. The van der Waals surface area contributed by atoms with E-state index in [1.54, 1.807) is 49.6 Å². The van der Waals surface area contributed by atoms with Crippen molar-refractivity contribution in [3.63, 3.8) is 0 Å². The first-order valence-electron chi connectivity index (χ1n) is 9.79. The van der Waals surface area contributed by atoms with E-state index in [1.165, 1.54) is 16.4 Å². The molecule has 1 fully saturated rings. The van der Waals surface area contributed by atoms with Crippen LogP contribution in [0.15, 0.2) is 59.5 Å².